The van der Waals surface area contributed by atoms with Gasteiger partial charge in [-0.05, 0) is 24.5 Å². The van der Waals surface area contributed by atoms with Crippen LogP contribution in [0.1, 0.15) is 17.5 Å². The van der Waals surface area contributed by atoms with Gasteiger partial charge in [-0.1, -0.05) is 48.5 Å². The molecule has 0 bridgehead atoms. The van der Waals surface area contributed by atoms with Gasteiger partial charge in [-0.3, -0.25) is 19.3 Å². The molecular weight excluding hydrogens is 526 g/mol. The first-order valence-corrected chi connectivity index (χ1v) is 13.9. The molecule has 3 amide bonds. The molecule has 4 N–H and O–H groups in total. The summed E-state index contributed by atoms with van der Waals surface area (Å²) in [5, 5.41) is 12.1. The van der Waals surface area contributed by atoms with Gasteiger partial charge in [0.2, 0.25) is 18.0 Å². The number of fused-ring (bicyclic) bond motifs is 1. The summed E-state index contributed by atoms with van der Waals surface area (Å²) < 4.78 is 0. The standard InChI is InChI=1S/C26H31N5O5S2/c1-30(24(33)18(27)15-37)23-25(34)31(14-21(32)28-19(26(35)36)12-13-38-2)20-11-7-6-10-17(20)22(29-23)16-8-4-3-5-9-16/h3-11,18-19,23,37H,12-15,27H2,1-2H3,(H,28,32)(H,35,36)/t18-,19+,23+/m1/s1. The number of benzodiazepines with no additional fused rings is 1. The van der Waals surface area contributed by atoms with Gasteiger partial charge in [0.25, 0.3) is 5.91 Å². The van der Waals surface area contributed by atoms with E-state index >= 15 is 0 Å². The lowest BCUT2D eigenvalue weighted by Gasteiger charge is -2.30. The minimum absolute atomic E-state index is 0.0678. The second-order valence-electron chi connectivity index (χ2n) is 8.64. The van der Waals surface area contributed by atoms with Crippen molar-refractivity contribution in [2.75, 3.05) is 36.3 Å². The summed E-state index contributed by atoms with van der Waals surface area (Å²) in [6, 6.07) is 14.1. The molecular formula is C26H31N5O5S2. The Morgan fingerprint density at radius 3 is 2.47 bits per heavy atom. The fraction of sp³-hybridized carbons (Fsp3) is 0.346. The predicted octanol–water partition coefficient (Wildman–Crippen LogP) is 1.23. The van der Waals surface area contributed by atoms with E-state index in [-0.39, 0.29) is 12.2 Å². The summed E-state index contributed by atoms with van der Waals surface area (Å²) in [5.74, 6) is -2.36. The van der Waals surface area contributed by atoms with Gasteiger partial charge in [0.05, 0.1) is 17.4 Å². The number of nitrogens with two attached hydrogens (primary N) is 1. The number of aliphatic imine (C=N–C) groups is 1. The molecule has 0 aromatic heterocycles. The number of rotatable bonds is 11. The van der Waals surface area contributed by atoms with Crippen molar-refractivity contribution in [1.82, 2.24) is 10.2 Å². The van der Waals surface area contributed by atoms with Crippen molar-refractivity contribution in [2.24, 2.45) is 10.7 Å². The van der Waals surface area contributed by atoms with Gasteiger partial charge in [0, 0.05) is 23.9 Å². The van der Waals surface area contributed by atoms with Crippen LogP contribution in [0.3, 0.4) is 0 Å². The zero-order chi connectivity index (χ0) is 27.8. The molecule has 0 unspecified atom stereocenters. The third kappa shape index (κ3) is 6.74. The number of likely N-dealkylation sites (N-methyl/N-ethyl adjacent to an activating group) is 1. The molecule has 1 aliphatic rings. The minimum atomic E-state index is -1.32. The maximum Gasteiger partial charge on any atom is 0.326 e. The van der Waals surface area contributed by atoms with Gasteiger partial charge in [0.15, 0.2) is 0 Å². The fourth-order valence-corrected chi connectivity index (χ4v) is 4.62. The van der Waals surface area contributed by atoms with Crippen molar-refractivity contribution in [3.8, 4) is 0 Å². The number of para-hydroxylation sites is 1. The number of thioether (sulfide) groups is 1. The highest BCUT2D eigenvalue weighted by molar-refractivity contribution is 7.98. The van der Waals surface area contributed by atoms with Crippen LogP contribution in [0, 0.1) is 0 Å². The second-order valence-corrected chi connectivity index (χ2v) is 9.99. The Balaban J connectivity index is 2.07. The summed E-state index contributed by atoms with van der Waals surface area (Å²) in [4.78, 5) is 58.7. The van der Waals surface area contributed by atoms with Crippen LogP contribution in [-0.2, 0) is 19.2 Å². The highest BCUT2D eigenvalue weighted by Gasteiger charge is 2.38. The number of nitrogens with zero attached hydrogens (tertiary/aromatic N) is 3. The first kappa shape index (κ1) is 29.2. The molecule has 1 heterocycles. The summed E-state index contributed by atoms with van der Waals surface area (Å²) in [5.41, 5.74) is 8.08. The maximum absolute atomic E-state index is 13.9. The number of hydrogen-bond acceptors (Lipinski definition) is 8. The smallest absolute Gasteiger partial charge is 0.326 e. The maximum atomic E-state index is 13.9. The van der Waals surface area contributed by atoms with Gasteiger partial charge in [-0.2, -0.15) is 24.4 Å². The van der Waals surface area contributed by atoms with E-state index in [1.54, 1.807) is 24.3 Å². The molecule has 2 aromatic carbocycles. The summed E-state index contributed by atoms with van der Waals surface area (Å²) in [6.45, 7) is -0.465. The first-order valence-electron chi connectivity index (χ1n) is 11.9. The van der Waals surface area contributed by atoms with Crippen molar-refractivity contribution in [3.63, 3.8) is 0 Å². The molecule has 0 saturated carbocycles. The van der Waals surface area contributed by atoms with E-state index in [4.69, 9.17) is 10.7 Å². The number of anilines is 1. The van der Waals surface area contributed by atoms with Crippen molar-refractivity contribution >= 4 is 59.5 Å². The normalized spacial score (nSPS) is 16.5. The number of nitrogens with one attached hydrogen (secondary N) is 1. The van der Waals surface area contributed by atoms with Gasteiger partial charge in [0.1, 0.15) is 12.6 Å². The average Bonchev–Trinajstić information content (AvgIpc) is 3.04. The van der Waals surface area contributed by atoms with Crippen molar-refractivity contribution in [1.29, 1.82) is 0 Å². The molecule has 3 rings (SSSR count). The van der Waals surface area contributed by atoms with Gasteiger partial charge in [-0.25, -0.2) is 9.79 Å². The summed E-state index contributed by atoms with van der Waals surface area (Å²) >= 11 is 5.57. The Hall–Kier alpha value is -3.35. The lowest BCUT2D eigenvalue weighted by molar-refractivity contribution is -0.142. The Bertz CT molecular complexity index is 1210. The van der Waals surface area contributed by atoms with E-state index in [1.165, 1.54) is 23.7 Å². The van der Waals surface area contributed by atoms with E-state index in [1.807, 2.05) is 36.6 Å². The molecule has 38 heavy (non-hydrogen) atoms. The summed E-state index contributed by atoms with van der Waals surface area (Å²) in [6.07, 6.45) is 0.751. The predicted molar refractivity (Wildman–Crippen MR) is 152 cm³/mol. The quantitative estimate of drug-likeness (QED) is 0.304. The topological polar surface area (TPSA) is 145 Å². The van der Waals surface area contributed by atoms with Crippen LogP contribution in [0.4, 0.5) is 5.69 Å². The average molecular weight is 558 g/mol. The van der Waals surface area contributed by atoms with Gasteiger partial charge >= 0.3 is 5.97 Å². The molecule has 202 valence electrons. The number of amides is 3. The fourth-order valence-electron chi connectivity index (χ4n) is 3.99. The number of carboxylic acid groups (broad SMARTS) is 1. The minimum Gasteiger partial charge on any atom is -0.480 e. The Kier molecular flexibility index (Phi) is 10.3. The number of hydrogen-bond donors (Lipinski definition) is 4. The summed E-state index contributed by atoms with van der Waals surface area (Å²) in [7, 11) is 1.43. The van der Waals surface area contributed by atoms with E-state index in [0.29, 0.717) is 28.3 Å². The van der Waals surface area contributed by atoms with Crippen LogP contribution in [0.25, 0.3) is 0 Å². The zero-order valence-electron chi connectivity index (χ0n) is 21.1. The van der Waals surface area contributed by atoms with Crippen LogP contribution < -0.4 is 16.0 Å². The van der Waals surface area contributed by atoms with E-state index in [2.05, 4.69) is 17.9 Å². The molecule has 12 heteroatoms. The SMILES string of the molecule is CSCC[C@H](NC(=O)CN1C(=O)[C@H](N(C)C(=O)[C@H](N)CS)N=C(c2ccccc2)c2ccccc21)C(=O)O. The van der Waals surface area contributed by atoms with Crippen LogP contribution in [0.5, 0.6) is 0 Å². The molecule has 10 nitrogen and oxygen atoms in total. The Morgan fingerprint density at radius 1 is 1.18 bits per heavy atom. The molecule has 3 atom stereocenters. The monoisotopic (exact) mass is 557 g/mol. The molecule has 0 fully saturated rings. The number of carbonyl (C=O) groups is 4. The van der Waals surface area contributed by atoms with E-state index in [9.17, 15) is 24.3 Å². The third-order valence-electron chi connectivity index (χ3n) is 6.01. The Labute approximate surface area is 231 Å². The number of aliphatic carboxylic acids is 1. The number of carboxylic acids is 1. The van der Waals surface area contributed by atoms with Crippen LogP contribution in [0.2, 0.25) is 0 Å². The zero-order valence-corrected chi connectivity index (χ0v) is 22.8. The molecule has 0 saturated heterocycles. The van der Waals surface area contributed by atoms with Crippen molar-refractivity contribution in [2.45, 2.75) is 24.7 Å². The third-order valence-corrected chi connectivity index (χ3v) is 7.05. The molecule has 1 aliphatic heterocycles. The number of benzene rings is 2. The van der Waals surface area contributed by atoms with Crippen LogP contribution in [-0.4, -0.2) is 89.0 Å². The van der Waals surface area contributed by atoms with Gasteiger partial charge < -0.3 is 21.1 Å². The van der Waals surface area contributed by atoms with Crippen LogP contribution >= 0.6 is 24.4 Å². The highest BCUT2D eigenvalue weighted by atomic mass is 32.2. The molecule has 0 radical (unpaired) electrons. The number of thiol groups is 1. The van der Waals surface area contributed by atoms with E-state index < -0.39 is 48.5 Å². The Morgan fingerprint density at radius 2 is 1.84 bits per heavy atom. The molecule has 0 spiro atoms. The second kappa shape index (κ2) is 13.4. The molecule has 2 aromatic rings. The van der Waals surface area contributed by atoms with Crippen molar-refractivity contribution < 1.29 is 24.3 Å². The number of carbonyl (C=O) groups excluding carboxylic acids is 3. The van der Waals surface area contributed by atoms with Crippen molar-refractivity contribution in [3.05, 3.63) is 65.7 Å². The van der Waals surface area contributed by atoms with E-state index in [0.717, 1.165) is 4.90 Å². The molecule has 0 aliphatic carbocycles. The highest BCUT2D eigenvalue weighted by Crippen LogP contribution is 2.29. The lowest BCUT2D eigenvalue weighted by atomic mass is 10.0. The van der Waals surface area contributed by atoms with Gasteiger partial charge in [-0.15, -0.1) is 0 Å². The largest absolute Gasteiger partial charge is 0.480 e. The first-order chi connectivity index (χ1) is 18.2. The van der Waals surface area contributed by atoms with Crippen LogP contribution in [0.15, 0.2) is 59.6 Å². The lowest BCUT2D eigenvalue weighted by Crippen LogP contribution is -2.55.